The highest BCUT2D eigenvalue weighted by atomic mass is 16.6. The molecule has 5 heteroatoms. The van der Waals surface area contributed by atoms with Gasteiger partial charge in [-0.1, -0.05) is 13.8 Å². The van der Waals surface area contributed by atoms with E-state index in [9.17, 15) is 9.59 Å². The smallest absolute Gasteiger partial charge is 0.408 e. The lowest BCUT2D eigenvalue weighted by Gasteiger charge is -2.29. The van der Waals surface area contributed by atoms with Gasteiger partial charge in [0.15, 0.2) is 0 Å². The van der Waals surface area contributed by atoms with Gasteiger partial charge in [-0.3, -0.25) is 4.79 Å². The topological polar surface area (TPSA) is 58.6 Å². The van der Waals surface area contributed by atoms with E-state index in [1.165, 1.54) is 0 Å². The molecule has 116 valence electrons. The summed E-state index contributed by atoms with van der Waals surface area (Å²) in [6.07, 6.45) is 1.06. The normalized spacial score (nSPS) is 24.4. The lowest BCUT2D eigenvalue weighted by atomic mass is 10.0. The monoisotopic (exact) mass is 284 g/mol. The molecule has 1 aliphatic heterocycles. The highest BCUT2D eigenvalue weighted by Gasteiger charge is 2.35. The lowest BCUT2D eigenvalue weighted by Crippen LogP contribution is -2.50. The summed E-state index contributed by atoms with van der Waals surface area (Å²) in [7, 11) is 0. The van der Waals surface area contributed by atoms with Crippen LogP contribution in [0.1, 0.15) is 54.4 Å². The summed E-state index contributed by atoms with van der Waals surface area (Å²) < 4.78 is 5.21. The first-order valence-corrected chi connectivity index (χ1v) is 7.45. The predicted molar refractivity (Wildman–Crippen MR) is 78.4 cm³/mol. The molecule has 3 atom stereocenters. The Bertz CT molecular complexity index is 363. The molecule has 1 N–H and O–H groups in total. The van der Waals surface area contributed by atoms with E-state index in [2.05, 4.69) is 19.2 Å². The first-order chi connectivity index (χ1) is 9.15. The van der Waals surface area contributed by atoms with Gasteiger partial charge in [-0.05, 0) is 46.5 Å². The number of ether oxygens (including phenoxy) is 1. The second kappa shape index (κ2) is 6.46. The molecule has 0 aromatic carbocycles. The Morgan fingerprint density at radius 2 is 1.95 bits per heavy atom. The van der Waals surface area contributed by atoms with Gasteiger partial charge in [-0.2, -0.15) is 0 Å². The number of amides is 2. The Kier molecular flexibility index (Phi) is 5.42. The van der Waals surface area contributed by atoms with Gasteiger partial charge in [0.25, 0.3) is 0 Å². The molecule has 1 fully saturated rings. The van der Waals surface area contributed by atoms with E-state index in [4.69, 9.17) is 4.74 Å². The summed E-state index contributed by atoms with van der Waals surface area (Å²) in [5.74, 6) is 0.508. The number of nitrogens with one attached hydrogen (secondary N) is 1. The first kappa shape index (κ1) is 16.8. The SMILES string of the molecule is CC[C@H](NC(=O)OC(C)(C)C)C(=O)N1CCC(C)C1C. The van der Waals surface area contributed by atoms with E-state index in [0.717, 1.165) is 13.0 Å². The van der Waals surface area contributed by atoms with Crippen molar-refractivity contribution in [2.75, 3.05) is 6.54 Å². The average molecular weight is 284 g/mol. The number of nitrogens with zero attached hydrogens (tertiary/aromatic N) is 1. The van der Waals surface area contributed by atoms with Gasteiger partial charge in [0.2, 0.25) is 5.91 Å². The number of hydrogen-bond donors (Lipinski definition) is 1. The fourth-order valence-electron chi connectivity index (χ4n) is 2.39. The molecule has 0 aromatic heterocycles. The van der Waals surface area contributed by atoms with Crippen LogP contribution in [0, 0.1) is 5.92 Å². The molecular formula is C15H28N2O3. The van der Waals surface area contributed by atoms with Crippen LogP contribution in [0.25, 0.3) is 0 Å². The van der Waals surface area contributed by atoms with E-state index in [0.29, 0.717) is 12.3 Å². The third-order valence-electron chi connectivity index (χ3n) is 3.82. The standard InChI is InChI=1S/C15H28N2O3/c1-7-12(16-14(19)20-15(4,5)6)13(18)17-9-8-10(2)11(17)3/h10-12H,7-9H2,1-6H3,(H,16,19)/t10?,11?,12-/m0/s1. The van der Waals surface area contributed by atoms with Crippen molar-refractivity contribution in [3.63, 3.8) is 0 Å². The molecular weight excluding hydrogens is 256 g/mol. The van der Waals surface area contributed by atoms with Crippen LogP contribution < -0.4 is 5.32 Å². The van der Waals surface area contributed by atoms with Crippen LogP contribution in [0.15, 0.2) is 0 Å². The first-order valence-electron chi connectivity index (χ1n) is 7.45. The Balaban J connectivity index is 2.62. The largest absolute Gasteiger partial charge is 0.444 e. The number of carbonyl (C=O) groups is 2. The van der Waals surface area contributed by atoms with Gasteiger partial charge < -0.3 is 15.0 Å². The van der Waals surface area contributed by atoms with E-state index in [1.54, 1.807) is 20.8 Å². The number of rotatable bonds is 3. The van der Waals surface area contributed by atoms with Gasteiger partial charge in [0.05, 0.1) is 0 Å². The molecule has 1 rings (SSSR count). The zero-order chi connectivity index (χ0) is 15.5. The second-order valence-electron chi connectivity index (χ2n) is 6.65. The number of carbonyl (C=O) groups excluding carboxylic acids is 2. The summed E-state index contributed by atoms with van der Waals surface area (Å²) in [5.41, 5.74) is -0.555. The molecule has 20 heavy (non-hydrogen) atoms. The number of alkyl carbamates (subject to hydrolysis) is 1. The van der Waals surface area contributed by atoms with E-state index < -0.39 is 17.7 Å². The molecule has 0 bridgehead atoms. The summed E-state index contributed by atoms with van der Waals surface area (Å²) >= 11 is 0. The molecule has 5 nitrogen and oxygen atoms in total. The fourth-order valence-corrected chi connectivity index (χ4v) is 2.39. The highest BCUT2D eigenvalue weighted by molar-refractivity contribution is 5.86. The zero-order valence-electron chi connectivity index (χ0n) is 13.5. The van der Waals surface area contributed by atoms with E-state index in [-0.39, 0.29) is 11.9 Å². The average Bonchev–Trinajstić information content (AvgIpc) is 2.64. The van der Waals surface area contributed by atoms with Crippen LogP contribution in [0.2, 0.25) is 0 Å². The van der Waals surface area contributed by atoms with Crippen molar-refractivity contribution in [2.24, 2.45) is 5.92 Å². The highest BCUT2D eigenvalue weighted by Crippen LogP contribution is 2.24. The van der Waals surface area contributed by atoms with Gasteiger partial charge in [-0.25, -0.2) is 4.79 Å². The molecule has 2 amide bonds. The van der Waals surface area contributed by atoms with Crippen molar-refractivity contribution in [1.82, 2.24) is 10.2 Å². The molecule has 0 aliphatic carbocycles. The van der Waals surface area contributed by atoms with Crippen LogP contribution in [-0.2, 0) is 9.53 Å². The van der Waals surface area contributed by atoms with Gasteiger partial charge in [0.1, 0.15) is 11.6 Å². The molecule has 0 aromatic rings. The van der Waals surface area contributed by atoms with Crippen LogP contribution in [0.3, 0.4) is 0 Å². The van der Waals surface area contributed by atoms with Crippen LogP contribution in [-0.4, -0.2) is 41.1 Å². The molecule has 0 spiro atoms. The molecule has 2 unspecified atom stereocenters. The van der Waals surface area contributed by atoms with Gasteiger partial charge >= 0.3 is 6.09 Å². The molecule has 0 radical (unpaired) electrons. The Labute approximate surface area is 122 Å². The minimum Gasteiger partial charge on any atom is -0.444 e. The predicted octanol–water partition coefficient (Wildman–Crippen LogP) is 2.55. The maximum Gasteiger partial charge on any atom is 0.408 e. The van der Waals surface area contributed by atoms with Crippen molar-refractivity contribution in [1.29, 1.82) is 0 Å². The number of likely N-dealkylation sites (tertiary alicyclic amines) is 1. The minimum atomic E-state index is -0.555. The molecule has 1 saturated heterocycles. The van der Waals surface area contributed by atoms with Crippen LogP contribution in [0.4, 0.5) is 4.79 Å². The van der Waals surface area contributed by atoms with Crippen molar-refractivity contribution in [3.05, 3.63) is 0 Å². The minimum absolute atomic E-state index is 0.00444. The summed E-state index contributed by atoms with van der Waals surface area (Å²) in [4.78, 5) is 26.1. The van der Waals surface area contributed by atoms with Crippen LogP contribution >= 0.6 is 0 Å². The van der Waals surface area contributed by atoms with E-state index >= 15 is 0 Å². The quantitative estimate of drug-likeness (QED) is 0.866. The van der Waals surface area contributed by atoms with Crippen molar-refractivity contribution in [2.45, 2.75) is 72.1 Å². The van der Waals surface area contributed by atoms with Crippen molar-refractivity contribution >= 4 is 12.0 Å². The summed E-state index contributed by atoms with van der Waals surface area (Å²) in [5, 5.41) is 2.68. The van der Waals surface area contributed by atoms with E-state index in [1.807, 2.05) is 11.8 Å². The molecule has 1 heterocycles. The second-order valence-corrected chi connectivity index (χ2v) is 6.65. The third kappa shape index (κ3) is 4.39. The van der Waals surface area contributed by atoms with Gasteiger partial charge in [0, 0.05) is 12.6 Å². The third-order valence-corrected chi connectivity index (χ3v) is 3.82. The maximum absolute atomic E-state index is 12.5. The van der Waals surface area contributed by atoms with Crippen molar-refractivity contribution < 1.29 is 14.3 Å². The summed E-state index contributed by atoms with van der Waals surface area (Å²) in [6.45, 7) is 12.3. The van der Waals surface area contributed by atoms with Gasteiger partial charge in [-0.15, -0.1) is 0 Å². The molecule has 0 saturated carbocycles. The lowest BCUT2D eigenvalue weighted by molar-refractivity contribution is -0.134. The Morgan fingerprint density at radius 1 is 1.35 bits per heavy atom. The summed E-state index contributed by atoms with van der Waals surface area (Å²) in [6, 6.07) is -0.269. The fraction of sp³-hybridized carbons (Fsp3) is 0.867. The zero-order valence-corrected chi connectivity index (χ0v) is 13.5. The Morgan fingerprint density at radius 3 is 2.35 bits per heavy atom. The Hall–Kier alpha value is -1.26. The van der Waals surface area contributed by atoms with Crippen LogP contribution in [0.5, 0.6) is 0 Å². The maximum atomic E-state index is 12.5. The number of hydrogen-bond acceptors (Lipinski definition) is 3. The molecule has 1 aliphatic rings. The van der Waals surface area contributed by atoms with Crippen molar-refractivity contribution in [3.8, 4) is 0 Å².